The molecular weight excluding hydrogens is 250 g/mol. The highest BCUT2D eigenvalue weighted by Gasteiger charge is 2.45. The third-order valence-electron chi connectivity index (χ3n) is 3.72. The maximum atomic E-state index is 12.3. The topological polar surface area (TPSA) is 78.7 Å². The van der Waals surface area contributed by atoms with Crippen molar-refractivity contribution in [3.8, 4) is 5.75 Å². The molecule has 19 heavy (non-hydrogen) atoms. The molecule has 0 atom stereocenters. The summed E-state index contributed by atoms with van der Waals surface area (Å²) in [5.41, 5.74) is -0.212. The second kappa shape index (κ2) is 4.31. The number of Topliss-reactive ketones (excluding diaryl/α,β-unsaturated/α-hetero) is 1. The van der Waals surface area contributed by atoms with Crippen LogP contribution in [0.15, 0.2) is 18.2 Å². The van der Waals surface area contributed by atoms with Crippen LogP contribution in [0.4, 0.5) is 5.69 Å². The van der Waals surface area contributed by atoms with Gasteiger partial charge >= 0.3 is 0 Å². The maximum absolute atomic E-state index is 12.3. The van der Waals surface area contributed by atoms with E-state index >= 15 is 0 Å². The van der Waals surface area contributed by atoms with Gasteiger partial charge in [-0.15, -0.1) is 0 Å². The van der Waals surface area contributed by atoms with Crippen LogP contribution >= 0.6 is 0 Å². The van der Waals surface area contributed by atoms with E-state index in [1.807, 2.05) is 0 Å². The largest absolute Gasteiger partial charge is 0.479 e. The first kappa shape index (κ1) is 12.1. The number of nitro benzene ring substituents is 1. The van der Waals surface area contributed by atoms with E-state index in [0.29, 0.717) is 37.4 Å². The predicted octanol–water partition coefficient (Wildman–Crippen LogP) is 1.65. The highest BCUT2D eigenvalue weighted by atomic mass is 16.6. The molecule has 1 fully saturated rings. The molecule has 2 heterocycles. The lowest BCUT2D eigenvalue weighted by Crippen LogP contribution is -2.51. The van der Waals surface area contributed by atoms with E-state index in [2.05, 4.69) is 0 Å². The van der Waals surface area contributed by atoms with Gasteiger partial charge in [-0.3, -0.25) is 14.9 Å². The van der Waals surface area contributed by atoms with Gasteiger partial charge in [-0.1, -0.05) is 0 Å². The average Bonchev–Trinajstić information content (AvgIpc) is 2.40. The minimum absolute atomic E-state index is 0.0104. The zero-order valence-corrected chi connectivity index (χ0v) is 10.3. The van der Waals surface area contributed by atoms with Crippen LogP contribution in [-0.4, -0.2) is 29.5 Å². The van der Waals surface area contributed by atoms with E-state index in [0.717, 1.165) is 0 Å². The lowest BCUT2D eigenvalue weighted by Gasteiger charge is -2.39. The standard InChI is InChI=1S/C13H13NO5/c15-12-8-9-7-10(14(16)17)1-2-11(9)19-13(12)3-5-18-6-4-13/h1-2,7H,3-6,8H2. The molecular formula is C13H13NO5. The van der Waals surface area contributed by atoms with Crippen LogP contribution in [0, 0.1) is 10.1 Å². The molecule has 2 aliphatic rings. The van der Waals surface area contributed by atoms with Gasteiger partial charge in [-0.25, -0.2) is 0 Å². The molecule has 1 aromatic carbocycles. The molecule has 6 nitrogen and oxygen atoms in total. The number of benzene rings is 1. The number of hydrogen-bond acceptors (Lipinski definition) is 5. The second-order valence-electron chi connectivity index (χ2n) is 4.86. The second-order valence-corrected chi connectivity index (χ2v) is 4.86. The van der Waals surface area contributed by atoms with Crippen molar-refractivity contribution >= 4 is 11.5 Å². The van der Waals surface area contributed by atoms with Crippen LogP contribution in [-0.2, 0) is 16.0 Å². The highest BCUT2D eigenvalue weighted by molar-refractivity contribution is 5.91. The van der Waals surface area contributed by atoms with Gasteiger partial charge in [0, 0.05) is 37.0 Å². The summed E-state index contributed by atoms with van der Waals surface area (Å²) in [6.45, 7) is 1.02. The van der Waals surface area contributed by atoms with Gasteiger partial charge in [0.1, 0.15) is 5.75 Å². The van der Waals surface area contributed by atoms with Crippen molar-refractivity contribution in [2.24, 2.45) is 0 Å². The lowest BCUT2D eigenvalue weighted by atomic mass is 9.83. The molecule has 1 aromatic rings. The van der Waals surface area contributed by atoms with Crippen LogP contribution in [0.2, 0.25) is 0 Å². The van der Waals surface area contributed by atoms with Crippen LogP contribution in [0.25, 0.3) is 0 Å². The molecule has 6 heteroatoms. The Labute approximate surface area is 109 Å². The van der Waals surface area contributed by atoms with Crippen LogP contribution in [0.3, 0.4) is 0 Å². The first-order chi connectivity index (χ1) is 9.11. The van der Waals surface area contributed by atoms with Gasteiger partial charge < -0.3 is 9.47 Å². The molecule has 1 saturated heterocycles. The van der Waals surface area contributed by atoms with Crippen molar-refractivity contribution in [3.63, 3.8) is 0 Å². The minimum Gasteiger partial charge on any atom is -0.479 e. The molecule has 0 bridgehead atoms. The molecule has 0 N–H and O–H groups in total. The zero-order valence-electron chi connectivity index (χ0n) is 10.3. The van der Waals surface area contributed by atoms with Crippen molar-refractivity contribution in [2.45, 2.75) is 24.9 Å². The summed E-state index contributed by atoms with van der Waals surface area (Å²) in [6.07, 6.45) is 1.28. The van der Waals surface area contributed by atoms with Crippen LogP contribution < -0.4 is 4.74 Å². The molecule has 0 aromatic heterocycles. The number of carbonyl (C=O) groups is 1. The fourth-order valence-corrected chi connectivity index (χ4v) is 2.60. The monoisotopic (exact) mass is 263 g/mol. The van der Waals surface area contributed by atoms with Crippen LogP contribution in [0.1, 0.15) is 18.4 Å². The van der Waals surface area contributed by atoms with Gasteiger partial charge in [0.15, 0.2) is 11.4 Å². The molecule has 2 aliphatic heterocycles. The molecule has 0 saturated carbocycles. The van der Waals surface area contributed by atoms with Crippen LogP contribution in [0.5, 0.6) is 5.75 Å². The maximum Gasteiger partial charge on any atom is 0.269 e. The van der Waals surface area contributed by atoms with Crippen molar-refractivity contribution in [3.05, 3.63) is 33.9 Å². The summed E-state index contributed by atoms with van der Waals surface area (Å²) < 4.78 is 11.1. The Balaban J connectivity index is 1.95. The number of hydrogen-bond donors (Lipinski definition) is 0. The van der Waals surface area contributed by atoms with E-state index in [4.69, 9.17) is 9.47 Å². The van der Waals surface area contributed by atoms with Gasteiger partial charge in [-0.2, -0.15) is 0 Å². The van der Waals surface area contributed by atoms with Gasteiger partial charge in [-0.05, 0) is 6.07 Å². The Kier molecular flexibility index (Phi) is 2.74. The fourth-order valence-electron chi connectivity index (χ4n) is 2.60. The van der Waals surface area contributed by atoms with Crippen molar-refractivity contribution in [2.75, 3.05) is 13.2 Å². The average molecular weight is 263 g/mol. The summed E-state index contributed by atoms with van der Waals surface area (Å²) in [4.78, 5) is 22.5. The van der Waals surface area contributed by atoms with Gasteiger partial charge in [0.25, 0.3) is 5.69 Å². The molecule has 0 radical (unpaired) electrons. The number of nitro groups is 1. The molecule has 3 rings (SSSR count). The number of non-ortho nitro benzene ring substituents is 1. The fraction of sp³-hybridized carbons (Fsp3) is 0.462. The summed E-state index contributed by atoms with van der Waals surface area (Å²) in [7, 11) is 0. The Morgan fingerprint density at radius 2 is 2.00 bits per heavy atom. The Hall–Kier alpha value is -1.95. The number of carbonyl (C=O) groups excluding carboxylic acids is 1. The molecule has 0 aliphatic carbocycles. The van der Waals surface area contributed by atoms with E-state index in [-0.39, 0.29) is 17.9 Å². The summed E-state index contributed by atoms with van der Waals surface area (Å²) >= 11 is 0. The van der Waals surface area contributed by atoms with E-state index < -0.39 is 10.5 Å². The summed E-state index contributed by atoms with van der Waals surface area (Å²) in [5, 5.41) is 10.7. The van der Waals surface area contributed by atoms with E-state index in [1.165, 1.54) is 12.1 Å². The lowest BCUT2D eigenvalue weighted by molar-refractivity contribution is -0.385. The number of fused-ring (bicyclic) bond motifs is 1. The quantitative estimate of drug-likeness (QED) is 0.568. The third-order valence-corrected chi connectivity index (χ3v) is 3.72. The van der Waals surface area contributed by atoms with Crippen molar-refractivity contribution in [1.82, 2.24) is 0 Å². The van der Waals surface area contributed by atoms with Crippen molar-refractivity contribution < 1.29 is 19.2 Å². The minimum atomic E-state index is -0.790. The smallest absolute Gasteiger partial charge is 0.269 e. The summed E-state index contributed by atoms with van der Waals surface area (Å²) in [5.74, 6) is 0.566. The normalized spacial score (nSPS) is 20.7. The van der Waals surface area contributed by atoms with E-state index in [9.17, 15) is 14.9 Å². The van der Waals surface area contributed by atoms with Crippen molar-refractivity contribution in [1.29, 1.82) is 0 Å². The van der Waals surface area contributed by atoms with Gasteiger partial charge in [0.2, 0.25) is 0 Å². The number of ether oxygens (including phenoxy) is 2. The number of ketones is 1. The molecule has 1 spiro atoms. The number of rotatable bonds is 1. The SMILES string of the molecule is O=C1Cc2cc([N+](=O)[O-])ccc2OC12CCOCC2. The Morgan fingerprint density at radius 1 is 1.26 bits per heavy atom. The summed E-state index contributed by atoms with van der Waals surface area (Å²) in [6, 6.07) is 4.40. The first-order valence-electron chi connectivity index (χ1n) is 6.18. The number of nitrogens with zero attached hydrogens (tertiary/aromatic N) is 1. The Bertz CT molecular complexity index is 548. The van der Waals surface area contributed by atoms with Gasteiger partial charge in [0.05, 0.1) is 18.1 Å². The van der Waals surface area contributed by atoms with E-state index in [1.54, 1.807) is 6.07 Å². The molecule has 0 unspecified atom stereocenters. The Morgan fingerprint density at radius 3 is 2.68 bits per heavy atom. The molecule has 0 amide bonds. The third kappa shape index (κ3) is 1.98. The zero-order chi connectivity index (χ0) is 13.5. The first-order valence-corrected chi connectivity index (χ1v) is 6.18. The predicted molar refractivity (Wildman–Crippen MR) is 65.2 cm³/mol. The highest BCUT2D eigenvalue weighted by Crippen LogP contribution is 2.38. The molecule has 100 valence electrons.